The highest BCUT2D eigenvalue weighted by Crippen LogP contribution is 2.26. The van der Waals surface area contributed by atoms with Crippen molar-refractivity contribution in [2.45, 2.75) is 17.2 Å². The van der Waals surface area contributed by atoms with Crippen molar-refractivity contribution < 1.29 is 14.3 Å². The molecule has 15 heavy (non-hydrogen) atoms. The zero-order chi connectivity index (χ0) is 10.8. The van der Waals surface area contributed by atoms with Gasteiger partial charge in [0, 0.05) is 0 Å². The zero-order valence-corrected chi connectivity index (χ0v) is 8.54. The molecule has 2 N–H and O–H groups in total. The maximum absolute atomic E-state index is 10.5. The van der Waals surface area contributed by atoms with E-state index in [1.165, 1.54) is 6.07 Å². The summed E-state index contributed by atoms with van der Waals surface area (Å²) in [5.41, 5.74) is 0. The molecule has 0 aliphatic carbocycles. The van der Waals surface area contributed by atoms with E-state index in [1.54, 1.807) is 13.0 Å². The molecule has 0 saturated heterocycles. The molecule has 2 aromatic heterocycles. The molecule has 0 fully saturated rings. The van der Waals surface area contributed by atoms with Crippen molar-refractivity contribution in [2.24, 2.45) is 0 Å². The lowest BCUT2D eigenvalue weighted by molar-refractivity contribution is 0.0656. The van der Waals surface area contributed by atoms with Crippen LogP contribution >= 0.6 is 11.8 Å². The monoisotopic (exact) mass is 225 g/mol. The minimum atomic E-state index is -1.09. The highest BCUT2D eigenvalue weighted by atomic mass is 32.2. The SMILES string of the molecule is Cc1nc(Sc2ccc(C(=O)O)o2)n[nH]1. The Morgan fingerprint density at radius 1 is 1.60 bits per heavy atom. The summed E-state index contributed by atoms with van der Waals surface area (Å²) in [5, 5.41) is 16.1. The van der Waals surface area contributed by atoms with Crippen molar-refractivity contribution in [1.29, 1.82) is 0 Å². The fourth-order valence-electron chi connectivity index (χ4n) is 0.948. The lowest BCUT2D eigenvalue weighted by Gasteiger charge is -1.89. The second kappa shape index (κ2) is 3.77. The number of nitrogens with one attached hydrogen (secondary N) is 1. The average molecular weight is 225 g/mol. The molecule has 2 rings (SSSR count). The third-order valence-electron chi connectivity index (χ3n) is 1.56. The Hall–Kier alpha value is -1.76. The second-order valence-electron chi connectivity index (χ2n) is 2.73. The molecule has 0 radical (unpaired) electrons. The molecule has 6 nitrogen and oxygen atoms in total. The van der Waals surface area contributed by atoms with Gasteiger partial charge in [0.1, 0.15) is 5.82 Å². The van der Waals surface area contributed by atoms with E-state index in [9.17, 15) is 4.79 Å². The number of furan rings is 1. The maximum Gasteiger partial charge on any atom is 0.371 e. The van der Waals surface area contributed by atoms with E-state index in [4.69, 9.17) is 9.52 Å². The van der Waals surface area contributed by atoms with Crippen molar-refractivity contribution in [3.63, 3.8) is 0 Å². The van der Waals surface area contributed by atoms with Crippen LogP contribution in [0.1, 0.15) is 16.4 Å². The Morgan fingerprint density at radius 3 is 2.93 bits per heavy atom. The largest absolute Gasteiger partial charge is 0.475 e. The number of aromatic amines is 1. The van der Waals surface area contributed by atoms with Gasteiger partial charge in [-0.05, 0) is 30.8 Å². The first-order chi connectivity index (χ1) is 7.15. The minimum Gasteiger partial charge on any atom is -0.475 e. The first-order valence-corrected chi connectivity index (χ1v) is 4.87. The zero-order valence-electron chi connectivity index (χ0n) is 7.72. The molecular weight excluding hydrogens is 218 g/mol. The summed E-state index contributed by atoms with van der Waals surface area (Å²) in [6.45, 7) is 1.78. The van der Waals surface area contributed by atoms with Gasteiger partial charge in [-0.1, -0.05) is 0 Å². The molecule has 78 valence electrons. The number of hydrogen-bond acceptors (Lipinski definition) is 5. The fraction of sp³-hybridized carbons (Fsp3) is 0.125. The molecule has 0 aliphatic heterocycles. The van der Waals surface area contributed by atoms with Crippen LogP contribution in [0.3, 0.4) is 0 Å². The average Bonchev–Trinajstić information content (AvgIpc) is 2.76. The molecule has 0 spiro atoms. The number of aromatic nitrogens is 3. The van der Waals surface area contributed by atoms with Gasteiger partial charge in [0.25, 0.3) is 0 Å². The van der Waals surface area contributed by atoms with Crippen LogP contribution in [0.15, 0.2) is 26.8 Å². The third kappa shape index (κ3) is 2.18. The Kier molecular flexibility index (Phi) is 2.46. The van der Waals surface area contributed by atoms with E-state index in [0.29, 0.717) is 16.1 Å². The molecule has 0 aliphatic rings. The van der Waals surface area contributed by atoms with Gasteiger partial charge in [-0.2, -0.15) is 0 Å². The summed E-state index contributed by atoms with van der Waals surface area (Å²) >= 11 is 1.16. The minimum absolute atomic E-state index is 0.0928. The number of rotatable bonds is 3. The van der Waals surface area contributed by atoms with Gasteiger partial charge >= 0.3 is 5.97 Å². The van der Waals surface area contributed by atoms with Crippen molar-refractivity contribution in [3.8, 4) is 0 Å². The van der Waals surface area contributed by atoms with Crippen LogP contribution < -0.4 is 0 Å². The van der Waals surface area contributed by atoms with Crippen LogP contribution in [-0.2, 0) is 0 Å². The lowest BCUT2D eigenvalue weighted by atomic mass is 10.5. The molecule has 7 heteroatoms. The van der Waals surface area contributed by atoms with E-state index in [1.807, 2.05) is 0 Å². The topological polar surface area (TPSA) is 92.0 Å². The van der Waals surface area contributed by atoms with E-state index >= 15 is 0 Å². The van der Waals surface area contributed by atoms with Crippen LogP contribution in [0.2, 0.25) is 0 Å². The normalized spacial score (nSPS) is 10.5. The van der Waals surface area contributed by atoms with Gasteiger partial charge in [-0.25, -0.2) is 9.78 Å². The highest BCUT2D eigenvalue weighted by molar-refractivity contribution is 7.99. The van der Waals surface area contributed by atoms with Gasteiger partial charge in [0.2, 0.25) is 10.9 Å². The number of carboxylic acids is 1. The predicted molar refractivity (Wildman–Crippen MR) is 50.9 cm³/mol. The molecule has 2 heterocycles. The van der Waals surface area contributed by atoms with Gasteiger partial charge in [-0.15, -0.1) is 5.10 Å². The highest BCUT2D eigenvalue weighted by Gasteiger charge is 2.11. The van der Waals surface area contributed by atoms with Crippen LogP contribution in [0, 0.1) is 6.92 Å². The summed E-state index contributed by atoms with van der Waals surface area (Å²) in [4.78, 5) is 14.6. The molecule has 0 amide bonds. The smallest absolute Gasteiger partial charge is 0.371 e. The van der Waals surface area contributed by atoms with Gasteiger partial charge in [-0.3, -0.25) is 5.10 Å². The summed E-state index contributed by atoms with van der Waals surface area (Å²) in [5.74, 6) is -0.486. The number of carboxylic acid groups (broad SMARTS) is 1. The first kappa shape index (κ1) is 9.78. The number of H-pyrrole nitrogens is 1. The van der Waals surface area contributed by atoms with E-state index in [0.717, 1.165) is 11.8 Å². The van der Waals surface area contributed by atoms with Crippen molar-refractivity contribution in [2.75, 3.05) is 0 Å². The Balaban J connectivity index is 2.14. The van der Waals surface area contributed by atoms with E-state index in [-0.39, 0.29) is 5.76 Å². The summed E-state index contributed by atoms with van der Waals surface area (Å²) < 4.78 is 5.03. The van der Waals surface area contributed by atoms with Crippen LogP contribution in [-0.4, -0.2) is 26.3 Å². The number of nitrogens with zero attached hydrogens (tertiary/aromatic N) is 2. The van der Waals surface area contributed by atoms with Crippen molar-refractivity contribution in [1.82, 2.24) is 15.2 Å². The third-order valence-corrected chi connectivity index (χ3v) is 2.35. The maximum atomic E-state index is 10.5. The summed E-state index contributed by atoms with van der Waals surface area (Å²) in [7, 11) is 0. The van der Waals surface area contributed by atoms with Crippen LogP contribution in [0.5, 0.6) is 0 Å². The Labute approximate surface area is 88.7 Å². The molecule has 0 saturated carbocycles. The van der Waals surface area contributed by atoms with Gasteiger partial charge in [0.15, 0.2) is 5.09 Å². The molecule has 2 aromatic rings. The summed E-state index contributed by atoms with van der Waals surface area (Å²) in [6, 6.07) is 2.96. The second-order valence-corrected chi connectivity index (χ2v) is 3.70. The summed E-state index contributed by atoms with van der Waals surface area (Å²) in [6.07, 6.45) is 0. The molecule has 0 unspecified atom stereocenters. The van der Waals surface area contributed by atoms with Crippen LogP contribution in [0.4, 0.5) is 0 Å². The Bertz CT molecular complexity index is 491. The van der Waals surface area contributed by atoms with E-state index < -0.39 is 5.97 Å². The standard InChI is InChI=1S/C8H7N3O3S/c1-4-9-8(11-10-4)15-6-3-2-5(14-6)7(12)13/h2-3H,1H3,(H,12,13)(H,9,10,11). The quantitative estimate of drug-likeness (QED) is 0.823. The van der Waals surface area contributed by atoms with E-state index in [2.05, 4.69) is 15.2 Å². The van der Waals surface area contributed by atoms with Crippen LogP contribution in [0.25, 0.3) is 0 Å². The molecular formula is C8H7N3O3S. The number of aromatic carboxylic acids is 1. The number of hydrogen-bond donors (Lipinski definition) is 2. The lowest BCUT2D eigenvalue weighted by Crippen LogP contribution is -1.91. The molecule has 0 atom stereocenters. The molecule has 0 aromatic carbocycles. The van der Waals surface area contributed by atoms with Gasteiger partial charge in [0.05, 0.1) is 0 Å². The predicted octanol–water partition coefficient (Wildman–Crippen LogP) is 1.56. The molecule has 0 bridgehead atoms. The number of aryl methyl sites for hydroxylation is 1. The fourth-order valence-corrected chi connectivity index (χ4v) is 1.67. The van der Waals surface area contributed by atoms with Crippen molar-refractivity contribution >= 4 is 17.7 Å². The van der Waals surface area contributed by atoms with Crippen molar-refractivity contribution in [3.05, 3.63) is 23.7 Å². The van der Waals surface area contributed by atoms with Gasteiger partial charge < -0.3 is 9.52 Å². The Morgan fingerprint density at radius 2 is 2.40 bits per heavy atom. The number of carbonyl (C=O) groups is 1. The first-order valence-electron chi connectivity index (χ1n) is 4.05.